The molecule has 2 aromatic rings. The Labute approximate surface area is 179 Å². The zero-order valence-electron chi connectivity index (χ0n) is 17.2. The Morgan fingerprint density at radius 2 is 2.00 bits per heavy atom. The van der Waals surface area contributed by atoms with Crippen molar-refractivity contribution in [1.82, 2.24) is 29.9 Å². The third-order valence-corrected chi connectivity index (χ3v) is 7.76. The van der Waals surface area contributed by atoms with Crippen molar-refractivity contribution in [2.24, 2.45) is 17.3 Å². The van der Waals surface area contributed by atoms with Crippen LogP contribution in [0.4, 0.5) is 0 Å². The van der Waals surface area contributed by atoms with Gasteiger partial charge in [-0.25, -0.2) is 9.67 Å². The first-order valence-corrected chi connectivity index (χ1v) is 11.5. The fraction of sp³-hybridized carbons (Fsp3) is 0.714. The molecule has 4 fully saturated rings. The zero-order chi connectivity index (χ0) is 20.2. The number of hydrogen-bond donors (Lipinski definition) is 1. The summed E-state index contributed by atoms with van der Waals surface area (Å²) in [7, 11) is 0. The SMILES string of the molecule is Cc1cc(C)n(CCCNC(=O)C23CC4CC(C2)CC(n2cnc(Br)n2)(C4)C3)n1. The van der Waals surface area contributed by atoms with E-state index in [9.17, 15) is 4.79 Å². The van der Waals surface area contributed by atoms with E-state index < -0.39 is 0 Å². The molecular weight excluding hydrogens is 432 g/mol. The van der Waals surface area contributed by atoms with E-state index in [1.54, 1.807) is 0 Å². The number of rotatable bonds is 6. The highest BCUT2D eigenvalue weighted by molar-refractivity contribution is 9.10. The van der Waals surface area contributed by atoms with E-state index >= 15 is 0 Å². The van der Waals surface area contributed by atoms with Crippen LogP contribution in [-0.2, 0) is 16.9 Å². The van der Waals surface area contributed by atoms with E-state index in [0.717, 1.165) is 50.8 Å². The van der Waals surface area contributed by atoms with E-state index in [4.69, 9.17) is 0 Å². The average Bonchev–Trinajstić information content (AvgIpc) is 3.23. The van der Waals surface area contributed by atoms with Gasteiger partial charge in [0, 0.05) is 18.8 Å². The van der Waals surface area contributed by atoms with E-state index in [1.165, 1.54) is 12.1 Å². The van der Waals surface area contributed by atoms with E-state index in [1.807, 2.05) is 17.9 Å². The fourth-order valence-electron chi connectivity index (χ4n) is 6.74. The molecule has 0 radical (unpaired) electrons. The molecule has 0 spiro atoms. The highest BCUT2D eigenvalue weighted by atomic mass is 79.9. The van der Waals surface area contributed by atoms with Crippen LogP contribution >= 0.6 is 15.9 Å². The summed E-state index contributed by atoms with van der Waals surface area (Å²) in [5.41, 5.74) is 1.95. The lowest BCUT2D eigenvalue weighted by atomic mass is 9.46. The summed E-state index contributed by atoms with van der Waals surface area (Å²) in [6.07, 6.45) is 9.24. The Balaban J connectivity index is 1.26. The van der Waals surface area contributed by atoms with Gasteiger partial charge >= 0.3 is 0 Å². The Hall–Kier alpha value is -1.70. The van der Waals surface area contributed by atoms with E-state index in [-0.39, 0.29) is 16.9 Å². The van der Waals surface area contributed by atoms with Crippen molar-refractivity contribution in [1.29, 1.82) is 0 Å². The summed E-state index contributed by atoms with van der Waals surface area (Å²) in [5.74, 6) is 1.50. The lowest BCUT2D eigenvalue weighted by Crippen LogP contribution is -2.61. The number of aryl methyl sites for hydroxylation is 3. The van der Waals surface area contributed by atoms with Crippen molar-refractivity contribution in [3.8, 4) is 0 Å². The molecular formula is C21H29BrN6O. The molecule has 0 saturated heterocycles. The van der Waals surface area contributed by atoms with Gasteiger partial charge in [0.05, 0.1) is 16.6 Å². The molecule has 7 nitrogen and oxygen atoms in total. The van der Waals surface area contributed by atoms with Crippen LogP contribution in [0.5, 0.6) is 0 Å². The molecule has 2 atom stereocenters. The van der Waals surface area contributed by atoms with E-state index in [0.29, 0.717) is 23.1 Å². The molecule has 4 bridgehead atoms. The molecule has 8 heteroatoms. The first kappa shape index (κ1) is 19.3. The highest BCUT2D eigenvalue weighted by Gasteiger charge is 2.61. The lowest BCUT2D eigenvalue weighted by Gasteiger charge is -2.60. The fourth-order valence-corrected chi connectivity index (χ4v) is 7.00. The number of halogens is 1. The molecule has 4 aliphatic rings. The minimum absolute atomic E-state index is 0.0376. The predicted octanol–water partition coefficient (Wildman–Crippen LogP) is 3.36. The molecule has 156 valence electrons. The predicted molar refractivity (Wildman–Crippen MR) is 112 cm³/mol. The van der Waals surface area contributed by atoms with Crippen LogP contribution in [0, 0.1) is 31.1 Å². The molecule has 1 N–H and O–H groups in total. The molecule has 4 saturated carbocycles. The van der Waals surface area contributed by atoms with E-state index in [2.05, 4.69) is 54.1 Å². The second-order valence-electron chi connectivity index (χ2n) is 9.68. The monoisotopic (exact) mass is 460 g/mol. The van der Waals surface area contributed by atoms with Crippen LogP contribution in [0.25, 0.3) is 0 Å². The molecule has 2 unspecified atom stereocenters. The number of amides is 1. The molecule has 4 aliphatic carbocycles. The van der Waals surface area contributed by atoms with Gasteiger partial charge < -0.3 is 5.32 Å². The Bertz CT molecular complexity index is 920. The topological polar surface area (TPSA) is 77.6 Å². The zero-order valence-corrected chi connectivity index (χ0v) is 18.8. The molecule has 29 heavy (non-hydrogen) atoms. The minimum Gasteiger partial charge on any atom is -0.356 e. The molecule has 6 rings (SSSR count). The van der Waals surface area contributed by atoms with Crippen LogP contribution in [0.2, 0.25) is 0 Å². The van der Waals surface area contributed by atoms with Gasteiger partial charge in [0.1, 0.15) is 6.33 Å². The first-order chi connectivity index (χ1) is 13.9. The van der Waals surface area contributed by atoms with Gasteiger partial charge in [-0.05, 0) is 92.6 Å². The number of nitrogens with zero attached hydrogens (tertiary/aromatic N) is 5. The number of carbonyl (C=O) groups excluding carboxylic acids is 1. The average molecular weight is 461 g/mol. The number of hydrogen-bond acceptors (Lipinski definition) is 4. The van der Waals surface area contributed by atoms with Crippen LogP contribution in [0.1, 0.15) is 56.3 Å². The summed E-state index contributed by atoms with van der Waals surface area (Å²) >= 11 is 3.39. The number of aromatic nitrogens is 5. The summed E-state index contributed by atoms with van der Waals surface area (Å²) in [4.78, 5) is 17.7. The van der Waals surface area contributed by atoms with Crippen molar-refractivity contribution in [2.75, 3.05) is 6.54 Å². The van der Waals surface area contributed by atoms with Gasteiger partial charge in [-0.1, -0.05) is 0 Å². The Morgan fingerprint density at radius 3 is 2.62 bits per heavy atom. The van der Waals surface area contributed by atoms with Crippen molar-refractivity contribution >= 4 is 21.8 Å². The number of carbonyl (C=O) groups is 1. The highest BCUT2D eigenvalue weighted by Crippen LogP contribution is 2.64. The van der Waals surface area contributed by atoms with Crippen LogP contribution < -0.4 is 5.32 Å². The van der Waals surface area contributed by atoms with Crippen LogP contribution in [0.3, 0.4) is 0 Å². The summed E-state index contributed by atoms with van der Waals surface area (Å²) < 4.78 is 4.72. The van der Waals surface area contributed by atoms with Gasteiger partial charge in [-0.3, -0.25) is 9.48 Å². The Kier molecular flexibility index (Phi) is 4.60. The lowest BCUT2D eigenvalue weighted by molar-refractivity contribution is -0.156. The number of nitrogens with one attached hydrogen (secondary N) is 1. The second kappa shape index (κ2) is 6.93. The van der Waals surface area contributed by atoms with Crippen molar-refractivity contribution in [3.05, 3.63) is 28.5 Å². The normalized spacial score (nSPS) is 32.7. The quantitative estimate of drug-likeness (QED) is 0.670. The minimum atomic E-state index is -0.235. The molecule has 0 aromatic carbocycles. The summed E-state index contributed by atoms with van der Waals surface area (Å²) in [6.45, 7) is 5.64. The third kappa shape index (κ3) is 3.33. The van der Waals surface area contributed by atoms with Gasteiger partial charge in [0.2, 0.25) is 10.6 Å². The largest absolute Gasteiger partial charge is 0.356 e. The maximum absolute atomic E-state index is 13.4. The van der Waals surface area contributed by atoms with Gasteiger partial charge in [-0.2, -0.15) is 5.10 Å². The van der Waals surface area contributed by atoms with Gasteiger partial charge in [0.25, 0.3) is 0 Å². The van der Waals surface area contributed by atoms with Gasteiger partial charge in [-0.15, -0.1) is 5.10 Å². The van der Waals surface area contributed by atoms with Crippen molar-refractivity contribution < 1.29 is 4.79 Å². The third-order valence-electron chi connectivity index (χ3n) is 7.40. The smallest absolute Gasteiger partial charge is 0.226 e. The second-order valence-corrected chi connectivity index (χ2v) is 10.4. The first-order valence-electron chi connectivity index (χ1n) is 10.7. The molecule has 2 aromatic heterocycles. The van der Waals surface area contributed by atoms with Gasteiger partial charge in [0.15, 0.2) is 0 Å². The molecule has 2 heterocycles. The van der Waals surface area contributed by atoms with Crippen LogP contribution in [0.15, 0.2) is 17.1 Å². The maximum Gasteiger partial charge on any atom is 0.226 e. The Morgan fingerprint density at radius 1 is 1.24 bits per heavy atom. The standard InChI is InChI=1S/C21H29BrN6O/c1-14-6-15(2)27(25-14)5-3-4-23-18(29)20-8-16-7-17(9-20)11-21(10-16,12-20)28-13-24-19(22)26-28/h6,13,16-17H,3-5,7-12H2,1-2H3,(H,23,29). The maximum atomic E-state index is 13.4. The molecule has 1 amide bonds. The van der Waals surface area contributed by atoms with Crippen LogP contribution in [-0.4, -0.2) is 37.0 Å². The molecule has 0 aliphatic heterocycles. The van der Waals surface area contributed by atoms with Crippen molar-refractivity contribution in [3.63, 3.8) is 0 Å². The summed E-state index contributed by atoms with van der Waals surface area (Å²) in [6, 6.07) is 2.09. The summed E-state index contributed by atoms with van der Waals surface area (Å²) in [5, 5.41) is 12.4. The van der Waals surface area contributed by atoms with Crippen molar-refractivity contribution in [2.45, 2.75) is 70.9 Å².